The minimum absolute atomic E-state index is 0.0744. The van der Waals surface area contributed by atoms with Gasteiger partial charge in [0.1, 0.15) is 5.60 Å². The molecule has 8 heteroatoms. The molecule has 2 rings (SSSR count). The average Bonchev–Trinajstić information content (AvgIpc) is 2.59. The first-order valence-corrected chi connectivity index (χ1v) is 11.3. The number of carbonyl (C=O) groups is 1. The van der Waals surface area contributed by atoms with Crippen LogP contribution in [0.3, 0.4) is 0 Å². The second-order valence-corrected chi connectivity index (χ2v) is 9.90. The smallest absolute Gasteiger partial charge is 0.410 e. The Hall–Kier alpha value is -1.12. The Morgan fingerprint density at radius 2 is 2.12 bits per heavy atom. The highest BCUT2D eigenvalue weighted by Gasteiger charge is 2.28. The van der Waals surface area contributed by atoms with Crippen LogP contribution in [0.5, 0.6) is 0 Å². The summed E-state index contributed by atoms with van der Waals surface area (Å²) in [6.07, 6.45) is 1.38. The third kappa shape index (κ3) is 6.25. The Bertz CT molecular complexity index is 731. The summed E-state index contributed by atoms with van der Waals surface area (Å²) in [7, 11) is -3.56. The molecular formula is C18H27BrN2O4S. The van der Waals surface area contributed by atoms with E-state index in [2.05, 4.69) is 20.7 Å². The maximum absolute atomic E-state index is 12.5. The number of amides is 1. The van der Waals surface area contributed by atoms with Gasteiger partial charge in [-0.05, 0) is 57.2 Å². The van der Waals surface area contributed by atoms with E-state index in [9.17, 15) is 13.2 Å². The fourth-order valence-electron chi connectivity index (χ4n) is 2.83. The molecule has 0 spiro atoms. The Morgan fingerprint density at radius 3 is 2.77 bits per heavy atom. The minimum Gasteiger partial charge on any atom is -0.444 e. The fourth-order valence-corrected chi connectivity index (χ4v) is 4.37. The molecule has 1 fully saturated rings. The molecule has 1 amide bonds. The molecule has 1 N–H and O–H groups in total. The normalized spacial score (nSPS) is 18.6. The van der Waals surface area contributed by atoms with Crippen molar-refractivity contribution in [2.75, 3.05) is 19.6 Å². The lowest BCUT2D eigenvalue weighted by atomic mass is 9.99. The molecule has 0 aliphatic carbocycles. The van der Waals surface area contributed by atoms with E-state index in [-0.39, 0.29) is 16.9 Å². The van der Waals surface area contributed by atoms with E-state index in [4.69, 9.17) is 4.74 Å². The zero-order valence-corrected chi connectivity index (χ0v) is 17.9. The van der Waals surface area contributed by atoms with Crippen LogP contribution in [-0.4, -0.2) is 44.6 Å². The van der Waals surface area contributed by atoms with Crippen molar-refractivity contribution in [2.24, 2.45) is 5.92 Å². The number of rotatable bonds is 5. The second kappa shape index (κ2) is 8.71. The monoisotopic (exact) mass is 446 g/mol. The van der Waals surface area contributed by atoms with E-state index < -0.39 is 15.6 Å². The zero-order valence-electron chi connectivity index (χ0n) is 15.5. The van der Waals surface area contributed by atoms with E-state index in [0.29, 0.717) is 25.0 Å². The summed E-state index contributed by atoms with van der Waals surface area (Å²) in [5.41, 5.74) is 0.369. The summed E-state index contributed by atoms with van der Waals surface area (Å²) in [6.45, 7) is 6.95. The maximum Gasteiger partial charge on any atom is 0.410 e. The number of halogens is 1. The first-order chi connectivity index (χ1) is 12.1. The maximum atomic E-state index is 12.5. The first-order valence-electron chi connectivity index (χ1n) is 8.73. The van der Waals surface area contributed by atoms with Crippen molar-refractivity contribution in [1.82, 2.24) is 9.62 Å². The van der Waals surface area contributed by atoms with Crippen LogP contribution in [0.15, 0.2) is 29.2 Å². The number of hydrogen-bond donors (Lipinski definition) is 1. The van der Waals surface area contributed by atoms with Gasteiger partial charge in [-0.3, -0.25) is 0 Å². The number of carbonyl (C=O) groups excluding carboxylic acids is 1. The molecule has 0 radical (unpaired) electrons. The fraction of sp³-hybridized carbons (Fsp3) is 0.611. The van der Waals surface area contributed by atoms with Crippen LogP contribution in [0.25, 0.3) is 0 Å². The van der Waals surface area contributed by atoms with Crippen LogP contribution in [-0.2, 0) is 20.1 Å². The van der Waals surface area contributed by atoms with Gasteiger partial charge in [-0.15, -0.1) is 0 Å². The lowest BCUT2D eigenvalue weighted by Gasteiger charge is -2.34. The number of hydrogen-bond acceptors (Lipinski definition) is 4. The predicted molar refractivity (Wildman–Crippen MR) is 105 cm³/mol. The van der Waals surface area contributed by atoms with Gasteiger partial charge >= 0.3 is 6.09 Å². The number of piperidine rings is 1. The van der Waals surface area contributed by atoms with Crippen molar-refractivity contribution in [2.45, 2.75) is 49.4 Å². The number of likely N-dealkylation sites (tertiary alicyclic amines) is 1. The molecule has 1 aromatic rings. The molecule has 1 atom stereocenters. The number of nitrogens with one attached hydrogen (secondary N) is 1. The molecule has 1 aliphatic rings. The van der Waals surface area contributed by atoms with Crippen LogP contribution < -0.4 is 4.72 Å². The molecule has 6 nitrogen and oxygen atoms in total. The number of nitrogens with zero attached hydrogens (tertiary/aromatic N) is 1. The van der Waals surface area contributed by atoms with Crippen molar-refractivity contribution in [3.8, 4) is 0 Å². The molecule has 0 unspecified atom stereocenters. The number of alkyl halides is 1. The van der Waals surface area contributed by atoms with Gasteiger partial charge in [-0.25, -0.2) is 17.9 Å². The van der Waals surface area contributed by atoms with E-state index in [1.165, 1.54) is 0 Å². The second-order valence-electron chi connectivity index (χ2n) is 7.57. The Balaban J connectivity index is 1.94. The molecule has 1 saturated heterocycles. The molecule has 146 valence electrons. The third-order valence-corrected chi connectivity index (χ3v) is 6.16. The molecule has 0 aromatic heterocycles. The SMILES string of the molecule is CC(C)(C)OC(=O)N1CCC[C@H](CNS(=O)(=O)c2cccc(CBr)c2)C1. The van der Waals surface area contributed by atoms with Gasteiger partial charge in [-0.2, -0.15) is 0 Å². The Kier molecular flexibility index (Phi) is 7.10. The number of benzene rings is 1. The lowest BCUT2D eigenvalue weighted by Crippen LogP contribution is -2.45. The molecule has 0 saturated carbocycles. The summed E-state index contributed by atoms with van der Waals surface area (Å²) in [5.74, 6) is 0.0744. The largest absolute Gasteiger partial charge is 0.444 e. The first kappa shape index (κ1) is 21.2. The minimum atomic E-state index is -3.56. The molecule has 1 aliphatic heterocycles. The van der Waals surface area contributed by atoms with E-state index in [1.807, 2.05) is 26.8 Å². The molecule has 26 heavy (non-hydrogen) atoms. The van der Waals surface area contributed by atoms with Crippen molar-refractivity contribution < 1.29 is 17.9 Å². The van der Waals surface area contributed by atoms with E-state index >= 15 is 0 Å². The summed E-state index contributed by atoms with van der Waals surface area (Å²) in [6, 6.07) is 6.84. The van der Waals surface area contributed by atoms with Crippen LogP contribution in [0.1, 0.15) is 39.2 Å². The van der Waals surface area contributed by atoms with Gasteiger partial charge in [0.25, 0.3) is 0 Å². The van der Waals surface area contributed by atoms with Gasteiger partial charge in [0.05, 0.1) is 4.90 Å². The highest BCUT2D eigenvalue weighted by molar-refractivity contribution is 9.08. The van der Waals surface area contributed by atoms with Gasteiger partial charge < -0.3 is 9.64 Å². The van der Waals surface area contributed by atoms with Gasteiger partial charge in [0.15, 0.2) is 0 Å². The predicted octanol–water partition coefficient (Wildman–Crippen LogP) is 3.51. The average molecular weight is 447 g/mol. The van der Waals surface area contributed by atoms with Gasteiger partial charge in [0.2, 0.25) is 10.0 Å². The Morgan fingerprint density at radius 1 is 1.38 bits per heavy atom. The quantitative estimate of drug-likeness (QED) is 0.701. The van der Waals surface area contributed by atoms with Crippen LogP contribution >= 0.6 is 15.9 Å². The molecule has 1 heterocycles. The standard InChI is InChI=1S/C18H27BrN2O4S/c1-18(2,3)25-17(22)21-9-5-7-15(13-21)12-20-26(23,24)16-8-4-6-14(10-16)11-19/h4,6,8,10,15,20H,5,7,9,11-13H2,1-3H3/t15-/m1/s1. The zero-order chi connectivity index (χ0) is 19.4. The van der Waals surface area contributed by atoms with E-state index in [1.54, 1.807) is 23.1 Å². The molecule has 1 aromatic carbocycles. The Labute approximate surface area is 164 Å². The van der Waals surface area contributed by atoms with Crippen molar-refractivity contribution in [1.29, 1.82) is 0 Å². The van der Waals surface area contributed by atoms with Gasteiger partial charge in [-0.1, -0.05) is 28.1 Å². The summed E-state index contributed by atoms with van der Waals surface area (Å²) in [5, 5.41) is 0.601. The third-order valence-electron chi connectivity index (χ3n) is 4.10. The van der Waals surface area contributed by atoms with Crippen molar-refractivity contribution in [3.63, 3.8) is 0 Å². The van der Waals surface area contributed by atoms with Crippen LogP contribution in [0, 0.1) is 5.92 Å². The molecular weight excluding hydrogens is 420 g/mol. The number of sulfonamides is 1. The van der Waals surface area contributed by atoms with Crippen molar-refractivity contribution in [3.05, 3.63) is 29.8 Å². The molecule has 0 bridgehead atoms. The number of ether oxygens (including phenoxy) is 1. The summed E-state index contributed by atoms with van der Waals surface area (Å²) < 4.78 is 33.1. The van der Waals surface area contributed by atoms with Gasteiger partial charge in [0, 0.05) is 25.0 Å². The van der Waals surface area contributed by atoms with Crippen molar-refractivity contribution >= 4 is 32.0 Å². The highest BCUT2D eigenvalue weighted by Crippen LogP contribution is 2.20. The van der Waals surface area contributed by atoms with E-state index in [0.717, 1.165) is 18.4 Å². The highest BCUT2D eigenvalue weighted by atomic mass is 79.9. The summed E-state index contributed by atoms with van der Waals surface area (Å²) in [4.78, 5) is 14.1. The van der Waals surface area contributed by atoms with Crippen LogP contribution in [0.2, 0.25) is 0 Å². The topological polar surface area (TPSA) is 75.7 Å². The lowest BCUT2D eigenvalue weighted by molar-refractivity contribution is 0.0169. The summed E-state index contributed by atoms with van der Waals surface area (Å²) >= 11 is 3.34. The van der Waals surface area contributed by atoms with Crippen LogP contribution in [0.4, 0.5) is 4.79 Å².